The van der Waals surface area contributed by atoms with Gasteiger partial charge in [-0.05, 0) is 55.1 Å². The van der Waals surface area contributed by atoms with Gasteiger partial charge in [-0.25, -0.2) is 4.79 Å². The number of carbonyl (C=O) groups is 2. The molecule has 0 aliphatic carbocycles. The highest BCUT2D eigenvalue weighted by Crippen LogP contribution is 2.58. The van der Waals surface area contributed by atoms with E-state index in [9.17, 15) is 9.90 Å². The summed E-state index contributed by atoms with van der Waals surface area (Å²) in [7, 11) is -0.0529. The maximum atomic E-state index is 15.3. The lowest BCUT2D eigenvalue weighted by atomic mass is 9.79. The van der Waals surface area contributed by atoms with Crippen LogP contribution in [0.2, 0.25) is 5.04 Å². The number of hydrogen-bond acceptors (Lipinski definition) is 8. The number of fused-ring (bicyclic) bond motifs is 5. The van der Waals surface area contributed by atoms with E-state index in [1.165, 1.54) is 4.90 Å². The second kappa shape index (κ2) is 15.6. The van der Waals surface area contributed by atoms with Crippen molar-refractivity contribution >= 4 is 30.7 Å². The van der Waals surface area contributed by atoms with Gasteiger partial charge in [0.15, 0.2) is 11.5 Å². The van der Waals surface area contributed by atoms with E-state index >= 15 is 4.79 Å². The molecule has 2 amide bonds. The van der Waals surface area contributed by atoms with Gasteiger partial charge < -0.3 is 33.4 Å². The van der Waals surface area contributed by atoms with Crippen molar-refractivity contribution in [3.63, 3.8) is 0 Å². The van der Waals surface area contributed by atoms with Gasteiger partial charge >= 0.3 is 6.09 Å². The van der Waals surface area contributed by atoms with E-state index < -0.39 is 50.3 Å². The molecule has 0 spiro atoms. The molecule has 3 aliphatic heterocycles. The van der Waals surface area contributed by atoms with Crippen LogP contribution in [0.5, 0.6) is 17.2 Å². The molecule has 11 heteroatoms. The van der Waals surface area contributed by atoms with Crippen LogP contribution in [0.15, 0.2) is 103 Å². The lowest BCUT2D eigenvalue weighted by Crippen LogP contribution is -2.70. The number of amides is 2. The Morgan fingerprint density at radius 3 is 1.90 bits per heavy atom. The molecule has 2 bridgehead atoms. The van der Waals surface area contributed by atoms with Crippen molar-refractivity contribution in [1.29, 1.82) is 0 Å². The maximum Gasteiger partial charge on any atom is 0.411 e. The Bertz CT molecular complexity index is 2130. The third-order valence-corrected chi connectivity index (χ3v) is 16.8. The van der Waals surface area contributed by atoms with Crippen molar-refractivity contribution in [3.05, 3.63) is 125 Å². The standard InChI is InChI=1S/C47H56N2O8Si/c1-29-26-34-44(51)48-35(28-56-58(47(6,7)8,32-22-16-12-17-23-32)33-24-18-13-19-25-33)36-37(40(50)39(48)38(29)49(34)45(52)57-46(3,4)5)41(53-9)30(2)42(54-10)43(36)55-27-31-20-14-11-15-21-31/h11-25,34-35,38-40,50H,1,26-28H2,2-10H3/t34-,35+,38+,39-,40?/m1/s1. The quantitative estimate of drug-likeness (QED) is 0.131. The number of methoxy groups -OCH3 is 2. The summed E-state index contributed by atoms with van der Waals surface area (Å²) in [5.74, 6) is 0.893. The van der Waals surface area contributed by atoms with Crippen molar-refractivity contribution in [2.75, 3.05) is 20.8 Å². The van der Waals surface area contributed by atoms with Crippen LogP contribution in [0.1, 0.15) is 82.4 Å². The molecular weight excluding hydrogens is 749 g/mol. The van der Waals surface area contributed by atoms with Crippen molar-refractivity contribution in [3.8, 4) is 17.2 Å². The van der Waals surface area contributed by atoms with Crippen LogP contribution in [0.4, 0.5) is 4.79 Å². The topological polar surface area (TPSA) is 107 Å². The predicted molar refractivity (Wildman–Crippen MR) is 226 cm³/mol. The zero-order chi connectivity index (χ0) is 41.7. The lowest BCUT2D eigenvalue weighted by Gasteiger charge is -2.54. The minimum absolute atomic E-state index is 0.0324. The van der Waals surface area contributed by atoms with Crippen LogP contribution in [-0.2, 0) is 20.6 Å². The Kier molecular flexibility index (Phi) is 11.0. The summed E-state index contributed by atoms with van der Waals surface area (Å²) in [4.78, 5) is 32.6. The van der Waals surface area contributed by atoms with Crippen LogP contribution >= 0.6 is 0 Å². The van der Waals surface area contributed by atoms with Gasteiger partial charge in [-0.3, -0.25) is 9.69 Å². The average Bonchev–Trinajstić information content (AvgIpc) is 3.48. The van der Waals surface area contributed by atoms with Crippen LogP contribution < -0.4 is 24.6 Å². The first-order valence-corrected chi connectivity index (χ1v) is 21.9. The fourth-order valence-electron chi connectivity index (χ4n) is 9.47. The molecule has 5 atom stereocenters. The van der Waals surface area contributed by atoms with E-state index in [0.29, 0.717) is 39.5 Å². The molecule has 0 radical (unpaired) electrons. The Hall–Kier alpha value is -5.10. The molecule has 3 heterocycles. The molecule has 0 aromatic heterocycles. The van der Waals surface area contributed by atoms with Gasteiger partial charge in [-0.15, -0.1) is 0 Å². The Balaban J connectivity index is 1.48. The van der Waals surface area contributed by atoms with Gasteiger partial charge in [0.1, 0.15) is 30.1 Å². The molecule has 0 saturated carbocycles. The van der Waals surface area contributed by atoms with Crippen molar-refractivity contribution in [2.24, 2.45) is 0 Å². The number of hydrogen-bond donors (Lipinski definition) is 1. The van der Waals surface area contributed by atoms with Gasteiger partial charge in [0.2, 0.25) is 5.91 Å². The van der Waals surface area contributed by atoms with E-state index in [0.717, 1.165) is 15.9 Å². The summed E-state index contributed by atoms with van der Waals surface area (Å²) in [6, 6.07) is 27.1. The normalized spacial score (nSPS) is 21.7. The van der Waals surface area contributed by atoms with Gasteiger partial charge in [-0.2, -0.15) is 0 Å². The third-order valence-electron chi connectivity index (χ3n) is 11.8. The van der Waals surface area contributed by atoms with Crippen molar-refractivity contribution in [1.82, 2.24) is 9.80 Å². The molecule has 1 unspecified atom stereocenters. The second-order valence-electron chi connectivity index (χ2n) is 17.5. The number of carbonyl (C=O) groups excluding carboxylic acids is 2. The van der Waals surface area contributed by atoms with E-state index in [2.05, 4.69) is 51.6 Å². The Morgan fingerprint density at radius 1 is 0.828 bits per heavy atom. The zero-order valence-corrected chi connectivity index (χ0v) is 36.1. The first-order chi connectivity index (χ1) is 27.6. The fourth-order valence-corrected chi connectivity index (χ4v) is 14.0. The number of rotatable bonds is 10. The van der Waals surface area contributed by atoms with Crippen LogP contribution in [0.3, 0.4) is 0 Å². The molecule has 10 nitrogen and oxygen atoms in total. The van der Waals surface area contributed by atoms with Crippen molar-refractivity contribution < 1.29 is 38.1 Å². The third kappa shape index (κ3) is 6.86. The van der Waals surface area contributed by atoms with Gasteiger partial charge in [0.05, 0.1) is 39.0 Å². The molecule has 4 aromatic carbocycles. The first kappa shape index (κ1) is 41.1. The average molecular weight is 805 g/mol. The summed E-state index contributed by atoms with van der Waals surface area (Å²) in [6.07, 6.45) is -1.72. The van der Waals surface area contributed by atoms with Crippen LogP contribution in [0, 0.1) is 6.92 Å². The van der Waals surface area contributed by atoms with E-state index in [1.54, 1.807) is 39.9 Å². The largest absolute Gasteiger partial charge is 0.496 e. The Morgan fingerprint density at radius 2 is 1.38 bits per heavy atom. The number of aliphatic hydroxyl groups excluding tert-OH is 1. The summed E-state index contributed by atoms with van der Waals surface area (Å²) < 4.78 is 32.6. The van der Waals surface area contributed by atoms with Crippen LogP contribution in [-0.4, -0.2) is 79.8 Å². The highest BCUT2D eigenvalue weighted by atomic mass is 28.4. The molecule has 58 heavy (non-hydrogen) atoms. The van der Waals surface area contributed by atoms with Gasteiger partial charge in [0, 0.05) is 16.7 Å². The molecule has 7 rings (SSSR count). The fraction of sp³-hybridized carbons (Fsp3) is 0.404. The molecule has 4 aromatic rings. The van der Waals surface area contributed by atoms with E-state index in [4.69, 9.17) is 23.4 Å². The summed E-state index contributed by atoms with van der Waals surface area (Å²) in [5, 5.41) is 14.6. The maximum absolute atomic E-state index is 15.3. The SMILES string of the molecule is C=C1C[C@@H]2C(=O)N3[C@@H](CO[Si](c4ccccc4)(c4ccccc4)C(C)(C)C)c4c(OCc5ccccc5)c(OC)c(C)c(OC)c4C(O)[C@H]3[C@H]1N2C(=O)OC(C)(C)C. The summed E-state index contributed by atoms with van der Waals surface area (Å²) in [6.45, 7) is 18.5. The van der Waals surface area contributed by atoms with E-state index in [-0.39, 0.29) is 30.6 Å². The molecule has 2 fully saturated rings. The predicted octanol–water partition coefficient (Wildman–Crippen LogP) is 7.40. The number of piperazine rings is 1. The molecule has 3 aliphatic rings. The second-order valence-corrected chi connectivity index (χ2v) is 21.8. The molecule has 2 saturated heterocycles. The molecule has 1 N–H and O–H groups in total. The molecular formula is C47H56N2O8Si. The van der Waals surface area contributed by atoms with E-state index in [1.807, 2.05) is 73.7 Å². The first-order valence-electron chi connectivity index (χ1n) is 19.9. The monoisotopic (exact) mass is 804 g/mol. The highest BCUT2D eigenvalue weighted by molar-refractivity contribution is 6.99. The summed E-state index contributed by atoms with van der Waals surface area (Å²) in [5.41, 5.74) is 2.40. The zero-order valence-electron chi connectivity index (χ0n) is 35.1. The van der Waals surface area contributed by atoms with Gasteiger partial charge in [0.25, 0.3) is 8.32 Å². The highest BCUT2D eigenvalue weighted by Gasteiger charge is 2.63. The Labute approximate surface area is 343 Å². The lowest BCUT2D eigenvalue weighted by molar-refractivity contribution is -0.159. The van der Waals surface area contributed by atoms with Crippen molar-refractivity contribution in [2.45, 2.75) is 102 Å². The summed E-state index contributed by atoms with van der Waals surface area (Å²) >= 11 is 0. The van der Waals surface area contributed by atoms with Crippen LogP contribution in [0.25, 0.3) is 0 Å². The number of aliphatic hydroxyl groups is 1. The smallest absolute Gasteiger partial charge is 0.411 e. The minimum atomic E-state index is -3.19. The number of benzene rings is 4. The minimum Gasteiger partial charge on any atom is -0.496 e. The number of ether oxygens (including phenoxy) is 4. The van der Waals surface area contributed by atoms with Gasteiger partial charge in [-0.1, -0.05) is 124 Å². The molecule has 306 valence electrons. The number of nitrogens with zero attached hydrogens (tertiary/aromatic N) is 2.